The number of hydrogen-bond acceptors (Lipinski definition) is 3. The second-order valence-corrected chi connectivity index (χ2v) is 6.69. The van der Waals surface area contributed by atoms with E-state index in [9.17, 15) is 14.0 Å². The number of benzene rings is 2. The Bertz CT molecular complexity index is 800. The van der Waals surface area contributed by atoms with Gasteiger partial charge in [-0.2, -0.15) is 0 Å². The minimum absolute atomic E-state index is 0.0561. The number of carbonyl (C=O) groups excluding carboxylic acids is 2. The number of aryl methyl sites for hydroxylation is 1. The summed E-state index contributed by atoms with van der Waals surface area (Å²) >= 11 is 5.88. The van der Waals surface area contributed by atoms with Crippen LogP contribution in [-0.2, 0) is 20.7 Å². The van der Waals surface area contributed by atoms with E-state index < -0.39 is 24.3 Å². The van der Waals surface area contributed by atoms with E-state index in [-0.39, 0.29) is 22.9 Å². The lowest BCUT2D eigenvalue weighted by atomic mass is 9.98. The van der Waals surface area contributed by atoms with E-state index in [0.29, 0.717) is 0 Å². The summed E-state index contributed by atoms with van der Waals surface area (Å²) in [4.78, 5) is 24.0. The van der Waals surface area contributed by atoms with E-state index in [1.54, 1.807) is 0 Å². The summed E-state index contributed by atoms with van der Waals surface area (Å²) in [7, 11) is 0. The van der Waals surface area contributed by atoms with Crippen LogP contribution in [0.15, 0.2) is 36.4 Å². The standard InChI is InChI=1S/C20H21ClFNO3/c1-12(2)14-7-4-6-13(3)20(14)23-18(24)11-26-19(25)10-15-16(21)8-5-9-17(15)22/h4-9,12H,10-11H2,1-3H3,(H,23,24). The zero-order chi connectivity index (χ0) is 19.3. The third-order valence-corrected chi connectivity index (χ3v) is 4.29. The van der Waals surface area contributed by atoms with E-state index in [0.717, 1.165) is 16.8 Å². The molecule has 0 aliphatic heterocycles. The Kier molecular flexibility index (Phi) is 6.75. The number of amides is 1. The first-order chi connectivity index (χ1) is 12.3. The Morgan fingerprint density at radius 3 is 2.54 bits per heavy atom. The minimum atomic E-state index is -0.721. The number of carbonyl (C=O) groups is 2. The summed E-state index contributed by atoms with van der Waals surface area (Å²) in [6, 6.07) is 9.93. The fraction of sp³-hybridized carbons (Fsp3) is 0.300. The molecule has 0 heterocycles. The molecule has 0 aromatic heterocycles. The molecule has 2 rings (SSSR count). The molecule has 0 saturated heterocycles. The second-order valence-electron chi connectivity index (χ2n) is 6.28. The van der Waals surface area contributed by atoms with Gasteiger partial charge in [-0.15, -0.1) is 0 Å². The lowest BCUT2D eigenvalue weighted by Gasteiger charge is -2.16. The van der Waals surface area contributed by atoms with Gasteiger partial charge < -0.3 is 10.1 Å². The highest BCUT2D eigenvalue weighted by atomic mass is 35.5. The average molecular weight is 378 g/mol. The Hall–Kier alpha value is -2.40. The lowest BCUT2D eigenvalue weighted by Crippen LogP contribution is -2.23. The Morgan fingerprint density at radius 1 is 1.19 bits per heavy atom. The van der Waals surface area contributed by atoms with Gasteiger partial charge in [0.2, 0.25) is 0 Å². The van der Waals surface area contributed by atoms with E-state index in [1.165, 1.54) is 18.2 Å². The van der Waals surface area contributed by atoms with Crippen LogP contribution in [0.1, 0.15) is 36.5 Å². The zero-order valence-electron chi connectivity index (χ0n) is 14.9. The predicted octanol–water partition coefficient (Wildman–Crippen LogP) is 4.64. The van der Waals surface area contributed by atoms with Gasteiger partial charge in [-0.3, -0.25) is 9.59 Å². The molecule has 6 heteroatoms. The number of halogens is 2. The van der Waals surface area contributed by atoms with Crippen LogP contribution in [0.5, 0.6) is 0 Å². The molecule has 138 valence electrons. The summed E-state index contributed by atoms with van der Waals surface area (Å²) in [6.07, 6.45) is -0.333. The highest BCUT2D eigenvalue weighted by Gasteiger charge is 2.16. The monoisotopic (exact) mass is 377 g/mol. The van der Waals surface area contributed by atoms with E-state index in [4.69, 9.17) is 16.3 Å². The molecular weight excluding hydrogens is 357 g/mol. The Labute approximate surface area is 157 Å². The van der Waals surface area contributed by atoms with Crippen LogP contribution in [0.25, 0.3) is 0 Å². The van der Waals surface area contributed by atoms with Crippen molar-refractivity contribution < 1.29 is 18.7 Å². The fourth-order valence-corrected chi connectivity index (χ4v) is 2.79. The molecule has 1 amide bonds. The third-order valence-electron chi connectivity index (χ3n) is 3.94. The first-order valence-electron chi connectivity index (χ1n) is 8.27. The van der Waals surface area contributed by atoms with Gasteiger partial charge in [0.1, 0.15) is 5.82 Å². The summed E-state index contributed by atoms with van der Waals surface area (Å²) in [5.41, 5.74) is 2.71. The SMILES string of the molecule is Cc1cccc(C(C)C)c1NC(=O)COC(=O)Cc1c(F)cccc1Cl. The number of rotatable bonds is 6. The van der Waals surface area contributed by atoms with Crippen molar-refractivity contribution in [3.8, 4) is 0 Å². The molecule has 4 nitrogen and oxygen atoms in total. The third kappa shape index (κ3) is 5.05. The molecule has 26 heavy (non-hydrogen) atoms. The normalized spacial score (nSPS) is 10.7. The molecule has 0 saturated carbocycles. The lowest BCUT2D eigenvalue weighted by molar-refractivity contribution is -0.146. The molecule has 0 atom stereocenters. The van der Waals surface area contributed by atoms with Crippen molar-refractivity contribution in [2.45, 2.75) is 33.1 Å². The van der Waals surface area contributed by atoms with Crippen LogP contribution in [-0.4, -0.2) is 18.5 Å². The number of para-hydroxylation sites is 1. The zero-order valence-corrected chi connectivity index (χ0v) is 15.7. The number of hydrogen-bond donors (Lipinski definition) is 1. The first-order valence-corrected chi connectivity index (χ1v) is 8.65. The molecule has 0 radical (unpaired) electrons. The van der Waals surface area contributed by atoms with E-state index >= 15 is 0 Å². The highest BCUT2D eigenvalue weighted by Crippen LogP contribution is 2.27. The van der Waals surface area contributed by atoms with E-state index in [1.807, 2.05) is 39.0 Å². The van der Waals surface area contributed by atoms with Crippen LogP contribution in [0.3, 0.4) is 0 Å². The molecule has 1 N–H and O–H groups in total. The van der Waals surface area contributed by atoms with Gasteiger partial charge in [-0.1, -0.05) is 49.7 Å². The summed E-state index contributed by atoms with van der Waals surface area (Å²) in [6.45, 7) is 5.51. The fourth-order valence-electron chi connectivity index (χ4n) is 2.56. The summed E-state index contributed by atoms with van der Waals surface area (Å²) < 4.78 is 18.6. The Morgan fingerprint density at radius 2 is 1.88 bits per heavy atom. The molecule has 0 aliphatic carbocycles. The average Bonchev–Trinajstić information content (AvgIpc) is 2.58. The van der Waals surface area contributed by atoms with Crippen LogP contribution in [0, 0.1) is 12.7 Å². The van der Waals surface area contributed by atoms with Crippen LogP contribution < -0.4 is 5.32 Å². The molecule has 0 unspecified atom stereocenters. The maximum atomic E-state index is 13.7. The molecular formula is C20H21ClFNO3. The maximum Gasteiger partial charge on any atom is 0.310 e. The van der Waals surface area contributed by atoms with Crippen molar-refractivity contribution in [2.75, 3.05) is 11.9 Å². The quantitative estimate of drug-likeness (QED) is 0.746. The van der Waals surface area contributed by atoms with Gasteiger partial charge in [-0.25, -0.2) is 4.39 Å². The largest absolute Gasteiger partial charge is 0.455 e. The number of anilines is 1. The van der Waals surface area contributed by atoms with Crippen molar-refractivity contribution in [1.29, 1.82) is 0 Å². The Balaban J connectivity index is 1.96. The molecule has 0 spiro atoms. The first kappa shape index (κ1) is 19.9. The summed E-state index contributed by atoms with van der Waals surface area (Å²) in [5, 5.41) is 2.93. The van der Waals surface area contributed by atoms with E-state index in [2.05, 4.69) is 5.32 Å². The number of ether oxygens (including phenoxy) is 1. The molecule has 2 aromatic rings. The molecule has 0 fully saturated rings. The highest BCUT2D eigenvalue weighted by molar-refractivity contribution is 6.31. The van der Waals surface area contributed by atoms with Crippen molar-refractivity contribution in [2.24, 2.45) is 0 Å². The van der Waals surface area contributed by atoms with Crippen molar-refractivity contribution >= 4 is 29.2 Å². The van der Waals surface area contributed by atoms with Crippen molar-refractivity contribution in [3.63, 3.8) is 0 Å². The van der Waals surface area contributed by atoms with Crippen molar-refractivity contribution in [1.82, 2.24) is 0 Å². The van der Waals surface area contributed by atoms with Gasteiger partial charge in [-0.05, 0) is 36.1 Å². The predicted molar refractivity (Wildman–Crippen MR) is 100.0 cm³/mol. The van der Waals surface area contributed by atoms with Gasteiger partial charge in [0.05, 0.1) is 6.42 Å². The topological polar surface area (TPSA) is 55.4 Å². The van der Waals surface area contributed by atoms with Crippen LogP contribution >= 0.6 is 11.6 Å². The maximum absolute atomic E-state index is 13.7. The number of esters is 1. The molecule has 0 aliphatic rings. The smallest absolute Gasteiger partial charge is 0.310 e. The minimum Gasteiger partial charge on any atom is -0.455 e. The molecule has 2 aromatic carbocycles. The van der Waals surface area contributed by atoms with Gasteiger partial charge >= 0.3 is 5.97 Å². The molecule has 0 bridgehead atoms. The van der Waals surface area contributed by atoms with Gasteiger partial charge in [0.25, 0.3) is 5.91 Å². The van der Waals surface area contributed by atoms with Gasteiger partial charge in [0, 0.05) is 16.3 Å². The summed E-state index contributed by atoms with van der Waals surface area (Å²) in [5.74, 6) is -1.52. The van der Waals surface area contributed by atoms with Crippen LogP contribution in [0.4, 0.5) is 10.1 Å². The van der Waals surface area contributed by atoms with Crippen molar-refractivity contribution in [3.05, 3.63) is 63.9 Å². The van der Waals surface area contributed by atoms with Crippen LogP contribution in [0.2, 0.25) is 5.02 Å². The van der Waals surface area contributed by atoms with Gasteiger partial charge in [0.15, 0.2) is 6.61 Å². The number of nitrogens with one attached hydrogen (secondary N) is 1. The second kappa shape index (κ2) is 8.81.